The van der Waals surface area contributed by atoms with Crippen molar-refractivity contribution in [3.8, 4) is 5.75 Å². The minimum Gasteiger partial charge on any atom is -0.496 e. The van der Waals surface area contributed by atoms with E-state index >= 15 is 0 Å². The Kier molecular flexibility index (Phi) is 3.93. The number of hydrogen-bond donors (Lipinski definition) is 0. The van der Waals surface area contributed by atoms with Gasteiger partial charge >= 0.3 is 0 Å². The molecule has 0 bridgehead atoms. The molecule has 1 aliphatic heterocycles. The highest BCUT2D eigenvalue weighted by Gasteiger charge is 2.16. The van der Waals surface area contributed by atoms with Crippen LogP contribution in [0.25, 0.3) is 10.8 Å². The van der Waals surface area contributed by atoms with Crippen LogP contribution >= 0.6 is 0 Å². The Bertz CT molecular complexity index is 585. The van der Waals surface area contributed by atoms with Crippen molar-refractivity contribution < 1.29 is 4.74 Å². The summed E-state index contributed by atoms with van der Waals surface area (Å²) in [4.78, 5) is 2.58. The van der Waals surface area contributed by atoms with Crippen LogP contribution in [0.2, 0.25) is 0 Å². The van der Waals surface area contributed by atoms with Crippen molar-refractivity contribution in [2.75, 3.05) is 20.2 Å². The number of piperidine rings is 1. The van der Waals surface area contributed by atoms with Crippen LogP contribution < -0.4 is 4.74 Å². The highest BCUT2D eigenvalue weighted by Crippen LogP contribution is 2.29. The number of likely N-dealkylation sites (tertiary alicyclic amines) is 1. The van der Waals surface area contributed by atoms with Gasteiger partial charge in [-0.2, -0.15) is 0 Å². The van der Waals surface area contributed by atoms with Gasteiger partial charge in [0.05, 0.1) is 7.11 Å². The molecule has 1 fully saturated rings. The Hall–Kier alpha value is -1.54. The van der Waals surface area contributed by atoms with Crippen LogP contribution in [0.1, 0.15) is 25.3 Å². The second-order valence-electron chi connectivity index (χ2n) is 5.93. The lowest BCUT2D eigenvalue weighted by Gasteiger charge is -2.30. The smallest absolute Gasteiger partial charge is 0.126 e. The number of nitrogens with zero attached hydrogens (tertiary/aromatic N) is 1. The number of methoxy groups -OCH3 is 1. The van der Waals surface area contributed by atoms with E-state index in [0.29, 0.717) is 0 Å². The van der Waals surface area contributed by atoms with Crippen LogP contribution in [0.4, 0.5) is 0 Å². The molecule has 3 rings (SSSR count). The summed E-state index contributed by atoms with van der Waals surface area (Å²) in [7, 11) is 1.74. The third-order valence-corrected chi connectivity index (χ3v) is 4.46. The number of benzene rings is 2. The maximum absolute atomic E-state index is 5.47. The zero-order valence-corrected chi connectivity index (χ0v) is 12.4. The number of fused-ring (bicyclic) bond motifs is 1. The van der Waals surface area contributed by atoms with Gasteiger partial charge in [-0.1, -0.05) is 37.3 Å². The molecule has 0 aliphatic carbocycles. The number of hydrogen-bond acceptors (Lipinski definition) is 2. The second-order valence-corrected chi connectivity index (χ2v) is 5.93. The topological polar surface area (TPSA) is 12.5 Å². The Morgan fingerprint density at radius 1 is 1.05 bits per heavy atom. The molecule has 2 nitrogen and oxygen atoms in total. The molecular weight excluding hydrogens is 246 g/mol. The molecular formula is C18H23NO. The first-order valence-electron chi connectivity index (χ1n) is 7.55. The quantitative estimate of drug-likeness (QED) is 0.832. The Morgan fingerprint density at radius 3 is 2.45 bits per heavy atom. The van der Waals surface area contributed by atoms with Gasteiger partial charge in [0.1, 0.15) is 5.75 Å². The molecule has 2 aromatic rings. The molecule has 106 valence electrons. The molecule has 1 saturated heterocycles. The van der Waals surface area contributed by atoms with E-state index in [9.17, 15) is 0 Å². The molecule has 1 aliphatic rings. The molecule has 0 spiro atoms. The summed E-state index contributed by atoms with van der Waals surface area (Å²) >= 11 is 0. The van der Waals surface area contributed by atoms with Gasteiger partial charge in [0.15, 0.2) is 0 Å². The SMILES string of the molecule is COc1ccc(CN2CCC(C)CC2)c2ccccc12. The number of ether oxygens (including phenoxy) is 1. The number of rotatable bonds is 3. The van der Waals surface area contributed by atoms with Crippen molar-refractivity contribution >= 4 is 10.8 Å². The van der Waals surface area contributed by atoms with E-state index in [4.69, 9.17) is 4.74 Å². The largest absolute Gasteiger partial charge is 0.496 e. The van der Waals surface area contributed by atoms with Crippen LogP contribution in [-0.2, 0) is 6.54 Å². The van der Waals surface area contributed by atoms with Crippen LogP contribution in [-0.4, -0.2) is 25.1 Å². The summed E-state index contributed by atoms with van der Waals surface area (Å²) in [6, 6.07) is 12.9. The first-order chi connectivity index (χ1) is 9.78. The minimum atomic E-state index is 0.888. The van der Waals surface area contributed by atoms with Gasteiger partial charge < -0.3 is 4.74 Å². The Labute approximate surface area is 121 Å². The second kappa shape index (κ2) is 5.84. The highest BCUT2D eigenvalue weighted by molar-refractivity contribution is 5.91. The van der Waals surface area contributed by atoms with E-state index in [1.165, 1.54) is 42.3 Å². The lowest BCUT2D eigenvalue weighted by atomic mass is 9.97. The molecule has 0 amide bonds. The van der Waals surface area contributed by atoms with E-state index < -0.39 is 0 Å². The maximum Gasteiger partial charge on any atom is 0.126 e. The average Bonchev–Trinajstić information content (AvgIpc) is 2.50. The van der Waals surface area contributed by atoms with Crippen molar-refractivity contribution in [1.82, 2.24) is 4.90 Å². The molecule has 0 N–H and O–H groups in total. The fourth-order valence-electron chi connectivity index (χ4n) is 3.11. The molecule has 0 unspecified atom stereocenters. The molecule has 0 radical (unpaired) electrons. The van der Waals surface area contributed by atoms with Crippen LogP contribution in [0, 0.1) is 5.92 Å². The van der Waals surface area contributed by atoms with Crippen molar-refractivity contribution in [3.05, 3.63) is 42.0 Å². The monoisotopic (exact) mass is 269 g/mol. The van der Waals surface area contributed by atoms with E-state index in [1.807, 2.05) is 0 Å². The van der Waals surface area contributed by atoms with E-state index in [-0.39, 0.29) is 0 Å². The summed E-state index contributed by atoms with van der Waals surface area (Å²) in [5, 5.41) is 2.54. The predicted molar refractivity (Wildman–Crippen MR) is 84.2 cm³/mol. The van der Waals surface area contributed by atoms with Gasteiger partial charge in [-0.15, -0.1) is 0 Å². The maximum atomic E-state index is 5.47. The van der Waals surface area contributed by atoms with Gasteiger partial charge in [0, 0.05) is 11.9 Å². The average molecular weight is 269 g/mol. The molecule has 2 heteroatoms. The van der Waals surface area contributed by atoms with Gasteiger partial charge in [0.25, 0.3) is 0 Å². The van der Waals surface area contributed by atoms with Crippen molar-refractivity contribution in [2.45, 2.75) is 26.3 Å². The standard InChI is InChI=1S/C18H23NO/c1-14-9-11-19(12-10-14)13-15-7-8-18(20-2)17-6-4-3-5-16(15)17/h3-8,14H,9-13H2,1-2H3. The lowest BCUT2D eigenvalue weighted by Crippen LogP contribution is -2.32. The van der Waals surface area contributed by atoms with Crippen molar-refractivity contribution in [3.63, 3.8) is 0 Å². The van der Waals surface area contributed by atoms with Gasteiger partial charge in [-0.25, -0.2) is 0 Å². The first kappa shape index (κ1) is 13.4. The van der Waals surface area contributed by atoms with E-state index in [1.54, 1.807) is 7.11 Å². The molecule has 20 heavy (non-hydrogen) atoms. The lowest BCUT2D eigenvalue weighted by molar-refractivity contribution is 0.186. The summed E-state index contributed by atoms with van der Waals surface area (Å²) in [5.74, 6) is 1.86. The summed E-state index contributed by atoms with van der Waals surface area (Å²) < 4.78 is 5.47. The van der Waals surface area contributed by atoms with Gasteiger partial charge in [-0.05, 0) is 48.9 Å². The van der Waals surface area contributed by atoms with Crippen LogP contribution in [0.15, 0.2) is 36.4 Å². The summed E-state index contributed by atoms with van der Waals surface area (Å²) in [5.41, 5.74) is 1.41. The van der Waals surface area contributed by atoms with Gasteiger partial charge in [0.2, 0.25) is 0 Å². The zero-order chi connectivity index (χ0) is 13.9. The Balaban J connectivity index is 1.88. The van der Waals surface area contributed by atoms with Crippen LogP contribution in [0.5, 0.6) is 5.75 Å². The Morgan fingerprint density at radius 2 is 1.75 bits per heavy atom. The fourth-order valence-corrected chi connectivity index (χ4v) is 3.11. The summed E-state index contributed by atoms with van der Waals surface area (Å²) in [6.07, 6.45) is 2.65. The normalized spacial score (nSPS) is 17.5. The minimum absolute atomic E-state index is 0.888. The molecule has 0 saturated carbocycles. The third kappa shape index (κ3) is 2.66. The summed E-state index contributed by atoms with van der Waals surface area (Å²) in [6.45, 7) is 5.86. The molecule has 0 atom stereocenters. The fraction of sp³-hybridized carbons (Fsp3) is 0.444. The molecule has 2 aromatic carbocycles. The molecule has 1 heterocycles. The predicted octanol–water partition coefficient (Wildman–Crippen LogP) is 4.08. The zero-order valence-electron chi connectivity index (χ0n) is 12.4. The third-order valence-electron chi connectivity index (χ3n) is 4.46. The van der Waals surface area contributed by atoms with Crippen LogP contribution in [0.3, 0.4) is 0 Å². The van der Waals surface area contributed by atoms with E-state index in [0.717, 1.165) is 18.2 Å². The van der Waals surface area contributed by atoms with E-state index in [2.05, 4.69) is 48.2 Å². The van der Waals surface area contributed by atoms with Crippen molar-refractivity contribution in [1.29, 1.82) is 0 Å². The highest BCUT2D eigenvalue weighted by atomic mass is 16.5. The molecule has 0 aromatic heterocycles. The van der Waals surface area contributed by atoms with Gasteiger partial charge in [-0.3, -0.25) is 4.90 Å². The first-order valence-corrected chi connectivity index (χ1v) is 7.55. The van der Waals surface area contributed by atoms with Crippen molar-refractivity contribution in [2.24, 2.45) is 5.92 Å².